The minimum Gasteiger partial charge on any atom is -0.377 e. The summed E-state index contributed by atoms with van der Waals surface area (Å²) in [5.74, 6) is -0.717. The monoisotopic (exact) mass is 550 g/mol. The van der Waals surface area contributed by atoms with Gasteiger partial charge in [0.05, 0.1) is 28.9 Å². The maximum absolute atomic E-state index is 13.8. The number of carbonyl (C=O) groups excluding carboxylic acids is 1. The van der Waals surface area contributed by atoms with Crippen LogP contribution in [0.4, 0.5) is 16.0 Å². The van der Waals surface area contributed by atoms with Crippen LogP contribution in [0.5, 0.6) is 0 Å². The van der Waals surface area contributed by atoms with Crippen molar-refractivity contribution in [2.45, 2.75) is 33.0 Å². The van der Waals surface area contributed by atoms with E-state index in [0.29, 0.717) is 41.2 Å². The molecule has 5 rings (SSSR count). The van der Waals surface area contributed by atoms with Crippen LogP contribution in [0, 0.1) is 12.7 Å². The van der Waals surface area contributed by atoms with Crippen LogP contribution in [0.2, 0.25) is 0 Å². The highest BCUT2D eigenvalue weighted by atomic mass is 32.2. The zero-order chi connectivity index (χ0) is 28.1. The zero-order valence-electron chi connectivity index (χ0n) is 21.8. The molecule has 0 unspecified atom stereocenters. The Morgan fingerprint density at radius 1 is 1.13 bits per heavy atom. The summed E-state index contributed by atoms with van der Waals surface area (Å²) in [6.45, 7) is 4.64. The van der Waals surface area contributed by atoms with Gasteiger partial charge in [0, 0.05) is 31.9 Å². The minimum absolute atomic E-state index is 0.0849. The first kappa shape index (κ1) is 26.3. The molecule has 1 amide bonds. The molecule has 4 aromatic rings. The normalized spacial score (nSPS) is 13.8. The number of hydrogen-bond donors (Lipinski definition) is 2. The second-order valence-corrected chi connectivity index (χ2v) is 11.5. The summed E-state index contributed by atoms with van der Waals surface area (Å²) in [5.41, 5.74) is 3.89. The van der Waals surface area contributed by atoms with Crippen LogP contribution in [0.1, 0.15) is 45.7 Å². The molecule has 3 heterocycles. The Kier molecular flexibility index (Phi) is 6.59. The van der Waals surface area contributed by atoms with Crippen molar-refractivity contribution >= 4 is 38.5 Å². The third kappa shape index (κ3) is 5.19. The lowest BCUT2D eigenvalue weighted by Gasteiger charge is -2.23. The van der Waals surface area contributed by atoms with Crippen molar-refractivity contribution in [3.05, 3.63) is 92.8 Å². The SMILES string of the molecule is Cc1cc([C@@H](C)Nc2cccnc2C(=O)NS(C)(=O)=O)c2nc(N3Cc4ccc(F)cc4C3)n(C)c(=O)c2c1. The molecule has 1 aliphatic rings. The number of hydrogen-bond acceptors (Lipinski definition) is 8. The standard InChI is InChI=1S/C27H27FN6O4S/c1-15-10-20(16(2)30-22-6-5-9-29-24(22)25(35)32-39(4,37)38)23-21(11-15)26(36)33(3)27(31-23)34-13-17-7-8-19(28)12-18(17)14-34/h5-12,16,30H,13-14H2,1-4H3,(H,32,35)/t16-/m1/s1. The fraction of sp³-hybridized carbons (Fsp3) is 0.259. The first-order valence-corrected chi connectivity index (χ1v) is 14.1. The average Bonchev–Trinajstić information content (AvgIpc) is 3.28. The van der Waals surface area contributed by atoms with Crippen molar-refractivity contribution in [3.8, 4) is 0 Å². The number of carbonyl (C=O) groups is 1. The number of nitrogens with zero attached hydrogens (tertiary/aromatic N) is 4. The third-order valence-electron chi connectivity index (χ3n) is 6.64. The Balaban J connectivity index is 1.55. The summed E-state index contributed by atoms with van der Waals surface area (Å²) in [7, 11) is -2.12. The molecule has 2 aromatic heterocycles. The number of aromatic nitrogens is 3. The highest BCUT2D eigenvalue weighted by Gasteiger charge is 2.25. The lowest BCUT2D eigenvalue weighted by atomic mass is 10.0. The summed E-state index contributed by atoms with van der Waals surface area (Å²) in [4.78, 5) is 37.0. The fourth-order valence-corrected chi connectivity index (χ4v) is 5.32. The first-order valence-electron chi connectivity index (χ1n) is 12.2. The highest BCUT2D eigenvalue weighted by molar-refractivity contribution is 7.89. The number of benzene rings is 2. The predicted octanol–water partition coefficient (Wildman–Crippen LogP) is 3.16. The van der Waals surface area contributed by atoms with Crippen molar-refractivity contribution in [2.75, 3.05) is 16.5 Å². The fourth-order valence-electron chi connectivity index (χ4n) is 4.89. The van der Waals surface area contributed by atoms with Crippen LogP contribution >= 0.6 is 0 Å². The van der Waals surface area contributed by atoms with E-state index in [1.165, 1.54) is 22.9 Å². The van der Waals surface area contributed by atoms with Crippen molar-refractivity contribution in [1.29, 1.82) is 0 Å². The lowest BCUT2D eigenvalue weighted by Crippen LogP contribution is -2.31. The molecule has 0 radical (unpaired) electrons. The summed E-state index contributed by atoms with van der Waals surface area (Å²) in [6.07, 6.45) is 2.29. The number of anilines is 2. The smallest absolute Gasteiger partial charge is 0.285 e. The number of halogens is 1. The molecule has 1 atom stereocenters. The van der Waals surface area contributed by atoms with E-state index in [9.17, 15) is 22.4 Å². The van der Waals surface area contributed by atoms with Crippen LogP contribution in [-0.2, 0) is 30.2 Å². The van der Waals surface area contributed by atoms with Gasteiger partial charge in [-0.05, 0) is 60.9 Å². The molecule has 0 fully saturated rings. The van der Waals surface area contributed by atoms with Crippen LogP contribution in [0.15, 0.2) is 53.5 Å². The summed E-state index contributed by atoms with van der Waals surface area (Å²) < 4.78 is 40.4. The van der Waals surface area contributed by atoms with Crippen molar-refractivity contribution in [1.82, 2.24) is 19.3 Å². The number of aryl methyl sites for hydroxylation is 1. The number of fused-ring (bicyclic) bond motifs is 2. The maximum atomic E-state index is 13.8. The lowest BCUT2D eigenvalue weighted by molar-refractivity contribution is 0.0977. The highest BCUT2D eigenvalue weighted by Crippen LogP contribution is 2.31. The quantitative estimate of drug-likeness (QED) is 0.375. The molecule has 0 aliphatic carbocycles. The van der Waals surface area contributed by atoms with E-state index in [1.807, 2.05) is 29.5 Å². The molecule has 202 valence electrons. The van der Waals surface area contributed by atoms with Crippen LogP contribution < -0.4 is 20.5 Å². The molecule has 2 N–H and O–H groups in total. The van der Waals surface area contributed by atoms with Gasteiger partial charge in [0.15, 0.2) is 5.69 Å². The van der Waals surface area contributed by atoms with Gasteiger partial charge < -0.3 is 10.2 Å². The number of rotatable bonds is 6. The predicted molar refractivity (Wildman–Crippen MR) is 147 cm³/mol. The van der Waals surface area contributed by atoms with Gasteiger partial charge in [-0.15, -0.1) is 0 Å². The minimum atomic E-state index is -3.79. The molecule has 0 saturated carbocycles. The van der Waals surface area contributed by atoms with E-state index in [2.05, 4.69) is 10.3 Å². The number of amides is 1. The van der Waals surface area contributed by atoms with E-state index >= 15 is 0 Å². The van der Waals surface area contributed by atoms with Gasteiger partial charge in [-0.25, -0.2) is 27.5 Å². The van der Waals surface area contributed by atoms with E-state index < -0.39 is 22.0 Å². The van der Waals surface area contributed by atoms with Crippen molar-refractivity contribution in [2.24, 2.45) is 7.05 Å². The zero-order valence-corrected chi connectivity index (χ0v) is 22.6. The van der Waals surface area contributed by atoms with Gasteiger partial charge in [-0.1, -0.05) is 12.1 Å². The molecular formula is C27H27FN6O4S. The van der Waals surface area contributed by atoms with E-state index in [4.69, 9.17) is 4.98 Å². The Morgan fingerprint density at radius 2 is 1.87 bits per heavy atom. The second-order valence-electron chi connectivity index (χ2n) is 9.76. The molecule has 12 heteroatoms. The average molecular weight is 551 g/mol. The van der Waals surface area contributed by atoms with E-state index in [-0.39, 0.29) is 17.1 Å². The topological polar surface area (TPSA) is 126 Å². The Morgan fingerprint density at radius 3 is 2.62 bits per heavy atom. The van der Waals surface area contributed by atoms with Gasteiger partial charge in [-0.2, -0.15) is 0 Å². The van der Waals surface area contributed by atoms with Crippen molar-refractivity contribution < 1.29 is 17.6 Å². The van der Waals surface area contributed by atoms with Gasteiger partial charge >= 0.3 is 0 Å². The Labute approximate surface area is 224 Å². The van der Waals surface area contributed by atoms with Crippen LogP contribution in [0.3, 0.4) is 0 Å². The maximum Gasteiger partial charge on any atom is 0.285 e. The summed E-state index contributed by atoms with van der Waals surface area (Å²) >= 11 is 0. The largest absolute Gasteiger partial charge is 0.377 e. The summed E-state index contributed by atoms with van der Waals surface area (Å²) in [5, 5.41) is 3.67. The van der Waals surface area contributed by atoms with Crippen molar-refractivity contribution in [3.63, 3.8) is 0 Å². The number of nitrogens with one attached hydrogen (secondary N) is 2. The second kappa shape index (κ2) is 9.77. The third-order valence-corrected chi connectivity index (χ3v) is 7.20. The Hall–Kier alpha value is -4.32. The molecule has 39 heavy (non-hydrogen) atoms. The molecule has 0 saturated heterocycles. The molecule has 1 aliphatic heterocycles. The van der Waals surface area contributed by atoms with Gasteiger partial charge in [0.2, 0.25) is 16.0 Å². The summed E-state index contributed by atoms with van der Waals surface area (Å²) in [6, 6.07) is 11.2. The van der Waals surface area contributed by atoms with E-state index in [1.54, 1.807) is 31.3 Å². The molecule has 2 aromatic carbocycles. The Bertz CT molecular complexity index is 1800. The molecular weight excluding hydrogens is 523 g/mol. The van der Waals surface area contributed by atoms with Gasteiger partial charge in [0.25, 0.3) is 11.5 Å². The van der Waals surface area contributed by atoms with E-state index in [0.717, 1.165) is 22.9 Å². The van der Waals surface area contributed by atoms with Crippen LogP contribution in [-0.4, -0.2) is 35.1 Å². The van der Waals surface area contributed by atoms with Gasteiger partial charge in [0.1, 0.15) is 5.82 Å². The molecule has 0 bridgehead atoms. The van der Waals surface area contributed by atoms with Crippen LogP contribution in [0.25, 0.3) is 10.9 Å². The number of sulfonamides is 1. The van der Waals surface area contributed by atoms with Gasteiger partial charge in [-0.3, -0.25) is 14.2 Å². The molecule has 0 spiro atoms. The molecule has 10 nitrogen and oxygen atoms in total. The first-order chi connectivity index (χ1) is 18.4. The number of pyridine rings is 1.